The largest absolute Gasteiger partial charge is 0.165 e. The molecule has 0 aliphatic carbocycles. The van der Waals surface area contributed by atoms with E-state index in [2.05, 4.69) is 12.6 Å². The van der Waals surface area contributed by atoms with Gasteiger partial charge in [-0.15, -0.1) is 11.8 Å². The Kier molecular flexibility index (Phi) is 1.72. The lowest BCUT2D eigenvalue weighted by Gasteiger charge is -1.90. The van der Waals surface area contributed by atoms with E-state index < -0.39 is 0 Å². The summed E-state index contributed by atoms with van der Waals surface area (Å²) in [5.41, 5.74) is 0. The second-order valence-electron chi connectivity index (χ2n) is 1.47. The maximum Gasteiger partial charge on any atom is 0.0472 e. The lowest BCUT2D eigenvalue weighted by molar-refractivity contribution is 0.927. The van der Waals surface area contributed by atoms with Crippen LogP contribution in [0.4, 0.5) is 0 Å². The first-order valence-corrected chi connectivity index (χ1v) is 3.76. The molecule has 1 rings (SSSR count). The summed E-state index contributed by atoms with van der Waals surface area (Å²) in [7, 11) is 0. The van der Waals surface area contributed by atoms with Crippen molar-refractivity contribution in [1.82, 2.24) is 0 Å². The van der Waals surface area contributed by atoms with E-state index in [1.165, 1.54) is 18.6 Å². The van der Waals surface area contributed by atoms with Crippen molar-refractivity contribution in [3.63, 3.8) is 0 Å². The van der Waals surface area contributed by atoms with E-state index >= 15 is 0 Å². The molecule has 1 heterocycles. The Labute approximate surface area is 48.1 Å². The smallest absolute Gasteiger partial charge is 0.0472 e. The average molecular weight is 120 g/mol. The number of rotatable bonds is 0. The van der Waals surface area contributed by atoms with Crippen LogP contribution in [0.2, 0.25) is 0 Å². The van der Waals surface area contributed by atoms with Crippen molar-refractivity contribution < 1.29 is 0 Å². The van der Waals surface area contributed by atoms with Crippen molar-refractivity contribution in [2.24, 2.45) is 0 Å². The lowest BCUT2D eigenvalue weighted by atomic mass is 10.4. The Morgan fingerprint density at radius 1 is 1.67 bits per heavy atom. The van der Waals surface area contributed by atoms with Gasteiger partial charge in [-0.25, -0.2) is 0 Å². The van der Waals surface area contributed by atoms with Crippen LogP contribution in [0.5, 0.6) is 0 Å². The fourth-order valence-corrected chi connectivity index (χ4v) is 2.00. The highest BCUT2D eigenvalue weighted by molar-refractivity contribution is 8.10. The van der Waals surface area contributed by atoms with Crippen molar-refractivity contribution in [1.29, 1.82) is 0 Å². The summed E-state index contributed by atoms with van der Waals surface area (Å²) >= 11 is 6.22. The van der Waals surface area contributed by atoms with Crippen molar-refractivity contribution in [3.8, 4) is 0 Å². The van der Waals surface area contributed by atoms with Gasteiger partial charge in [-0.1, -0.05) is 0 Å². The quantitative estimate of drug-likeness (QED) is 0.475. The highest BCUT2D eigenvalue weighted by atomic mass is 32.2. The minimum atomic E-state index is 0.657. The summed E-state index contributed by atoms with van der Waals surface area (Å²) in [6.45, 7) is 0. The molecule has 6 heavy (non-hydrogen) atoms. The number of thiol groups is 1. The van der Waals surface area contributed by atoms with Crippen molar-refractivity contribution in [2.75, 3.05) is 5.75 Å². The van der Waals surface area contributed by atoms with Gasteiger partial charge in [0, 0.05) is 4.58 Å². The molecule has 0 aromatic carbocycles. The fraction of sp³-hybridized carbons (Fsp3) is 1.00. The molecule has 0 bridgehead atoms. The molecule has 0 spiro atoms. The molecule has 0 nitrogen and oxygen atoms in total. The summed E-state index contributed by atoms with van der Waals surface area (Å²) in [6.07, 6.45) is 2.69. The number of hydrogen-bond donors (Lipinski definition) is 1. The van der Waals surface area contributed by atoms with Gasteiger partial charge in [0.05, 0.1) is 0 Å². The molecular weight excluding hydrogens is 112 g/mol. The predicted octanol–water partition coefficient (Wildman–Crippen LogP) is 1.77. The molecule has 0 aromatic heterocycles. The number of hydrogen-bond acceptors (Lipinski definition) is 2. The normalized spacial score (nSPS) is 34.5. The van der Waals surface area contributed by atoms with Crippen LogP contribution < -0.4 is 0 Å². The maximum absolute atomic E-state index is 4.26. The van der Waals surface area contributed by atoms with Crippen LogP contribution in [-0.4, -0.2) is 10.3 Å². The zero-order valence-corrected chi connectivity index (χ0v) is 5.27. The zero-order valence-electron chi connectivity index (χ0n) is 3.55. The monoisotopic (exact) mass is 120 g/mol. The molecule has 0 unspecified atom stereocenters. The highest BCUT2D eigenvalue weighted by Crippen LogP contribution is 2.28. The fourth-order valence-electron chi connectivity index (χ4n) is 0.561. The summed E-state index contributed by atoms with van der Waals surface area (Å²) in [5, 5.41) is 0. The van der Waals surface area contributed by atoms with Crippen LogP contribution in [0.1, 0.15) is 12.8 Å². The van der Waals surface area contributed by atoms with Gasteiger partial charge in [0.15, 0.2) is 0 Å². The van der Waals surface area contributed by atoms with Crippen LogP contribution in [-0.2, 0) is 0 Å². The Morgan fingerprint density at radius 2 is 2.50 bits per heavy atom. The van der Waals surface area contributed by atoms with Gasteiger partial charge >= 0.3 is 0 Å². The standard InChI is InChI=1S/C4H8S2/c5-4-2-1-3-6-4/h4-5H,1-3H2/t4-/m1/s1. The van der Waals surface area contributed by atoms with Gasteiger partial charge in [-0.2, -0.15) is 12.6 Å². The predicted molar refractivity (Wildman–Crippen MR) is 34.5 cm³/mol. The third-order valence-electron chi connectivity index (χ3n) is 0.906. The van der Waals surface area contributed by atoms with Crippen LogP contribution in [0, 0.1) is 0 Å². The third kappa shape index (κ3) is 1.09. The topological polar surface area (TPSA) is 0 Å². The maximum atomic E-state index is 4.26. The summed E-state index contributed by atoms with van der Waals surface area (Å²) in [6, 6.07) is 0. The van der Waals surface area contributed by atoms with E-state index in [9.17, 15) is 0 Å². The first kappa shape index (κ1) is 4.85. The molecule has 0 radical (unpaired) electrons. The van der Waals surface area contributed by atoms with E-state index in [1.54, 1.807) is 0 Å². The Balaban J connectivity index is 2.18. The van der Waals surface area contributed by atoms with Crippen molar-refractivity contribution >= 4 is 24.4 Å². The molecule has 1 aliphatic heterocycles. The van der Waals surface area contributed by atoms with Crippen molar-refractivity contribution in [3.05, 3.63) is 0 Å². The van der Waals surface area contributed by atoms with Crippen LogP contribution in [0.25, 0.3) is 0 Å². The molecular formula is C4H8S2. The SMILES string of the molecule is S[C@H]1CCCS1. The molecule has 1 fully saturated rings. The Bertz CT molecular complexity index is 38.8. The van der Waals surface area contributed by atoms with Gasteiger partial charge in [-0.3, -0.25) is 0 Å². The van der Waals surface area contributed by atoms with Gasteiger partial charge in [0.1, 0.15) is 0 Å². The first-order valence-electron chi connectivity index (χ1n) is 2.19. The Hall–Kier alpha value is 0.700. The molecule has 0 amide bonds. The molecule has 36 valence electrons. The second-order valence-corrected chi connectivity index (χ2v) is 3.75. The molecule has 1 saturated heterocycles. The minimum absolute atomic E-state index is 0.657. The van der Waals surface area contributed by atoms with Crippen LogP contribution >= 0.6 is 24.4 Å². The van der Waals surface area contributed by atoms with E-state index in [4.69, 9.17) is 0 Å². The van der Waals surface area contributed by atoms with E-state index in [1.807, 2.05) is 11.8 Å². The molecule has 0 saturated carbocycles. The van der Waals surface area contributed by atoms with Crippen LogP contribution in [0.15, 0.2) is 0 Å². The van der Waals surface area contributed by atoms with E-state index in [0.717, 1.165) is 0 Å². The summed E-state index contributed by atoms with van der Waals surface area (Å²) in [5.74, 6) is 1.33. The summed E-state index contributed by atoms with van der Waals surface area (Å²) in [4.78, 5) is 0. The van der Waals surface area contributed by atoms with E-state index in [0.29, 0.717) is 4.58 Å². The Morgan fingerprint density at radius 3 is 2.67 bits per heavy atom. The first-order chi connectivity index (χ1) is 2.89. The second kappa shape index (κ2) is 2.12. The number of thioether (sulfide) groups is 1. The van der Waals surface area contributed by atoms with E-state index in [-0.39, 0.29) is 0 Å². The average Bonchev–Trinajstić information content (AvgIpc) is 1.86. The minimum Gasteiger partial charge on any atom is -0.165 e. The molecule has 1 atom stereocenters. The lowest BCUT2D eigenvalue weighted by Crippen LogP contribution is -1.76. The molecule has 0 aromatic rings. The zero-order chi connectivity index (χ0) is 4.41. The van der Waals surface area contributed by atoms with Gasteiger partial charge in [-0.05, 0) is 18.6 Å². The third-order valence-corrected chi connectivity index (χ3v) is 2.76. The van der Waals surface area contributed by atoms with Gasteiger partial charge < -0.3 is 0 Å². The van der Waals surface area contributed by atoms with Crippen LogP contribution in [0.3, 0.4) is 0 Å². The highest BCUT2D eigenvalue weighted by Gasteiger charge is 2.08. The van der Waals surface area contributed by atoms with Gasteiger partial charge in [0.2, 0.25) is 0 Å². The van der Waals surface area contributed by atoms with Crippen molar-refractivity contribution in [2.45, 2.75) is 17.4 Å². The molecule has 0 N–H and O–H groups in total. The van der Waals surface area contributed by atoms with Gasteiger partial charge in [0.25, 0.3) is 0 Å². The summed E-state index contributed by atoms with van der Waals surface area (Å²) < 4.78 is 0.657. The molecule has 1 aliphatic rings. The molecule has 2 heteroatoms.